The molecular weight excluding hydrogens is 288 g/mol. The molecule has 0 radical (unpaired) electrons. The number of piperidine rings is 1. The van der Waals surface area contributed by atoms with E-state index in [1.807, 2.05) is 0 Å². The first-order chi connectivity index (χ1) is 10.0. The number of nitrogens with zero attached hydrogens (tertiary/aromatic N) is 2. The first-order valence-corrected chi connectivity index (χ1v) is 7.61. The summed E-state index contributed by atoms with van der Waals surface area (Å²) >= 11 is 6.13. The molecular formula is C15H19ClN4O. The second kappa shape index (κ2) is 5.66. The highest BCUT2D eigenvalue weighted by atomic mass is 35.5. The highest BCUT2D eigenvalue weighted by molar-refractivity contribution is 6.35. The molecule has 0 aliphatic carbocycles. The third-order valence-corrected chi connectivity index (χ3v) is 4.35. The monoisotopic (exact) mass is 306 g/mol. The molecule has 5 nitrogen and oxygen atoms in total. The lowest BCUT2D eigenvalue weighted by Crippen LogP contribution is -2.33. The van der Waals surface area contributed by atoms with Crippen LogP contribution in [0, 0.1) is 5.92 Å². The normalized spacial score (nSPS) is 20.0. The van der Waals surface area contributed by atoms with Crippen LogP contribution in [0.3, 0.4) is 0 Å². The molecule has 0 aromatic carbocycles. The van der Waals surface area contributed by atoms with Crippen molar-refractivity contribution in [3.05, 3.63) is 28.5 Å². The van der Waals surface area contributed by atoms with Gasteiger partial charge >= 0.3 is 0 Å². The van der Waals surface area contributed by atoms with Crippen molar-refractivity contribution in [3.8, 4) is 0 Å². The van der Waals surface area contributed by atoms with E-state index in [9.17, 15) is 4.79 Å². The first kappa shape index (κ1) is 14.4. The molecule has 0 spiro atoms. The maximum Gasteiger partial charge on any atom is 0.267 e. The maximum atomic E-state index is 11.5. The number of aromatic amines is 1. The number of aromatic nitrogens is 2. The van der Waals surface area contributed by atoms with E-state index in [2.05, 4.69) is 21.8 Å². The number of rotatable bonds is 3. The zero-order valence-corrected chi connectivity index (χ0v) is 12.8. The van der Waals surface area contributed by atoms with Crippen LogP contribution >= 0.6 is 11.6 Å². The lowest BCUT2D eigenvalue weighted by Gasteiger charge is -2.30. The lowest BCUT2D eigenvalue weighted by molar-refractivity contribution is 0.0995. The zero-order valence-electron chi connectivity index (χ0n) is 12.0. The summed E-state index contributed by atoms with van der Waals surface area (Å²) in [5, 5.41) is 0.515. The number of carbonyl (C=O) groups excluding carboxylic acids is 1. The van der Waals surface area contributed by atoms with Gasteiger partial charge < -0.3 is 10.7 Å². The Kier molecular flexibility index (Phi) is 3.87. The van der Waals surface area contributed by atoms with Crippen LogP contribution in [-0.4, -0.2) is 33.9 Å². The number of hydrogen-bond donors (Lipinski definition) is 2. The van der Waals surface area contributed by atoms with Crippen molar-refractivity contribution in [2.75, 3.05) is 13.1 Å². The predicted octanol–water partition coefficient (Wildman–Crippen LogP) is 2.55. The molecule has 2 aromatic heterocycles. The number of amides is 1. The zero-order chi connectivity index (χ0) is 15.0. The van der Waals surface area contributed by atoms with E-state index in [4.69, 9.17) is 17.3 Å². The Labute approximate surface area is 128 Å². The van der Waals surface area contributed by atoms with Crippen LogP contribution in [0.2, 0.25) is 5.02 Å². The van der Waals surface area contributed by atoms with Gasteiger partial charge in [-0.2, -0.15) is 0 Å². The summed E-state index contributed by atoms with van der Waals surface area (Å²) < 4.78 is 0. The smallest absolute Gasteiger partial charge is 0.267 e. The van der Waals surface area contributed by atoms with Gasteiger partial charge in [0, 0.05) is 19.3 Å². The van der Waals surface area contributed by atoms with E-state index in [0.29, 0.717) is 16.5 Å². The summed E-state index contributed by atoms with van der Waals surface area (Å²) in [6.45, 7) is 5.20. The molecule has 1 aliphatic rings. The van der Waals surface area contributed by atoms with E-state index in [1.54, 1.807) is 12.3 Å². The van der Waals surface area contributed by atoms with Crippen molar-refractivity contribution in [2.24, 2.45) is 11.7 Å². The second-order valence-corrected chi connectivity index (χ2v) is 6.28. The predicted molar refractivity (Wildman–Crippen MR) is 83.3 cm³/mol. The number of primary amides is 1. The number of halogens is 1. The quantitative estimate of drug-likeness (QED) is 0.915. The van der Waals surface area contributed by atoms with Gasteiger partial charge in [-0.1, -0.05) is 18.5 Å². The molecule has 1 amide bonds. The molecule has 1 fully saturated rings. The molecule has 21 heavy (non-hydrogen) atoms. The molecule has 3 heterocycles. The molecule has 0 saturated carbocycles. The molecule has 3 N–H and O–H groups in total. The van der Waals surface area contributed by atoms with Crippen molar-refractivity contribution in [3.63, 3.8) is 0 Å². The van der Waals surface area contributed by atoms with Gasteiger partial charge in [-0.3, -0.25) is 9.69 Å². The Balaban J connectivity index is 1.98. The molecule has 2 aromatic rings. The summed E-state index contributed by atoms with van der Waals surface area (Å²) in [5.74, 6) is 0.182. The van der Waals surface area contributed by atoms with E-state index in [1.165, 1.54) is 12.8 Å². The molecule has 6 heteroatoms. The number of H-pyrrole nitrogens is 1. The number of nitrogens with two attached hydrogens (primary N) is 1. The van der Waals surface area contributed by atoms with Gasteiger partial charge in [-0.25, -0.2) is 4.98 Å². The number of hydrogen-bond acceptors (Lipinski definition) is 3. The minimum absolute atomic E-state index is 0.268. The van der Waals surface area contributed by atoms with Crippen molar-refractivity contribution in [1.82, 2.24) is 14.9 Å². The standard InChI is InChI=1S/C15H19ClN4O/c1-9-3-2-4-20(7-9)8-10-5-12(15(17)21)19-14-11(16)6-18-13(10)14/h5-6,9,18H,2-4,7-8H2,1H3,(H2,17,21)/t9-/m0/s1. The van der Waals surface area contributed by atoms with Gasteiger partial charge in [0.15, 0.2) is 0 Å². The number of carbonyl (C=O) groups is 1. The van der Waals surface area contributed by atoms with Crippen LogP contribution in [0.25, 0.3) is 11.0 Å². The molecule has 3 rings (SSSR count). The van der Waals surface area contributed by atoms with Gasteiger partial charge in [-0.15, -0.1) is 0 Å². The van der Waals surface area contributed by atoms with Crippen LogP contribution < -0.4 is 5.73 Å². The fourth-order valence-corrected chi connectivity index (χ4v) is 3.25. The average molecular weight is 307 g/mol. The number of likely N-dealkylation sites (tertiary alicyclic amines) is 1. The number of pyridine rings is 1. The summed E-state index contributed by atoms with van der Waals surface area (Å²) in [4.78, 5) is 21.3. The van der Waals surface area contributed by atoms with Crippen LogP contribution in [0.1, 0.15) is 35.8 Å². The topological polar surface area (TPSA) is 75.0 Å². The van der Waals surface area contributed by atoms with Crippen molar-refractivity contribution in [2.45, 2.75) is 26.3 Å². The Morgan fingerprint density at radius 1 is 1.62 bits per heavy atom. The molecule has 0 unspecified atom stereocenters. The van der Waals surface area contributed by atoms with Crippen LogP contribution in [0.15, 0.2) is 12.3 Å². The van der Waals surface area contributed by atoms with Crippen molar-refractivity contribution < 1.29 is 4.79 Å². The van der Waals surface area contributed by atoms with Gasteiger partial charge in [0.1, 0.15) is 11.2 Å². The van der Waals surface area contributed by atoms with E-state index < -0.39 is 5.91 Å². The van der Waals surface area contributed by atoms with Crippen LogP contribution in [0.4, 0.5) is 0 Å². The Morgan fingerprint density at radius 3 is 3.14 bits per heavy atom. The summed E-state index contributed by atoms with van der Waals surface area (Å²) in [7, 11) is 0. The molecule has 1 atom stereocenters. The van der Waals surface area contributed by atoms with Crippen molar-refractivity contribution >= 4 is 28.5 Å². The Bertz CT molecular complexity index is 682. The fraction of sp³-hybridized carbons (Fsp3) is 0.467. The SMILES string of the molecule is C[C@H]1CCCN(Cc2cc(C(N)=O)nc3c(Cl)c[nH]c23)C1. The molecule has 0 bridgehead atoms. The molecule has 1 aliphatic heterocycles. The minimum Gasteiger partial charge on any atom is -0.364 e. The second-order valence-electron chi connectivity index (χ2n) is 5.87. The van der Waals surface area contributed by atoms with Crippen LogP contribution in [-0.2, 0) is 6.54 Å². The summed E-state index contributed by atoms with van der Waals surface area (Å²) in [6.07, 6.45) is 4.19. The van der Waals surface area contributed by atoms with Gasteiger partial charge in [0.05, 0.1) is 10.5 Å². The van der Waals surface area contributed by atoms with E-state index in [-0.39, 0.29) is 5.69 Å². The minimum atomic E-state index is -0.526. The maximum absolute atomic E-state index is 11.5. The fourth-order valence-electron chi connectivity index (χ4n) is 3.06. The number of nitrogens with one attached hydrogen (secondary N) is 1. The highest BCUT2D eigenvalue weighted by Gasteiger charge is 2.19. The summed E-state index contributed by atoms with van der Waals surface area (Å²) in [5.41, 5.74) is 8.18. The first-order valence-electron chi connectivity index (χ1n) is 7.23. The molecule has 112 valence electrons. The van der Waals surface area contributed by atoms with Crippen molar-refractivity contribution in [1.29, 1.82) is 0 Å². The van der Waals surface area contributed by atoms with E-state index in [0.717, 1.165) is 30.7 Å². The average Bonchev–Trinajstić information content (AvgIpc) is 2.81. The molecule has 1 saturated heterocycles. The highest BCUT2D eigenvalue weighted by Crippen LogP contribution is 2.26. The lowest BCUT2D eigenvalue weighted by atomic mass is 9.99. The Morgan fingerprint density at radius 2 is 2.43 bits per heavy atom. The third-order valence-electron chi connectivity index (χ3n) is 4.06. The number of fused-ring (bicyclic) bond motifs is 1. The van der Waals surface area contributed by atoms with Gasteiger partial charge in [-0.05, 0) is 36.9 Å². The van der Waals surface area contributed by atoms with Crippen LogP contribution in [0.5, 0.6) is 0 Å². The third kappa shape index (κ3) is 2.89. The summed E-state index contributed by atoms with van der Waals surface area (Å²) in [6, 6.07) is 1.77. The largest absolute Gasteiger partial charge is 0.364 e. The van der Waals surface area contributed by atoms with E-state index >= 15 is 0 Å². The van der Waals surface area contributed by atoms with Gasteiger partial charge in [0.25, 0.3) is 5.91 Å². The van der Waals surface area contributed by atoms with Gasteiger partial charge in [0.2, 0.25) is 0 Å². The Hall–Kier alpha value is -1.59.